The highest BCUT2D eigenvalue weighted by atomic mass is 19.4. The summed E-state index contributed by atoms with van der Waals surface area (Å²) in [6.45, 7) is 2.49. The molecule has 0 saturated carbocycles. The average Bonchev–Trinajstić information content (AvgIpc) is 2.98. The van der Waals surface area contributed by atoms with Gasteiger partial charge in [-0.05, 0) is 71.5 Å². The molecule has 4 rings (SSSR count). The highest BCUT2D eigenvalue weighted by Crippen LogP contribution is 2.26. The van der Waals surface area contributed by atoms with Crippen molar-refractivity contribution < 1.29 is 33.0 Å². The van der Waals surface area contributed by atoms with Crippen LogP contribution in [0.5, 0.6) is 0 Å². The molecule has 42 heavy (non-hydrogen) atoms. The summed E-state index contributed by atoms with van der Waals surface area (Å²) in [5.74, 6) is -3.68. The summed E-state index contributed by atoms with van der Waals surface area (Å²) in [6.07, 6.45) is -3.03. The molecule has 0 aliphatic rings. The molecule has 4 aromatic rings. The number of nitrogens with zero attached hydrogens (tertiary/aromatic N) is 2. The minimum atomic E-state index is -5.08. The van der Waals surface area contributed by atoms with Crippen molar-refractivity contribution in [2.45, 2.75) is 32.1 Å². The van der Waals surface area contributed by atoms with Crippen molar-refractivity contribution in [3.05, 3.63) is 131 Å². The van der Waals surface area contributed by atoms with Crippen LogP contribution in [0.3, 0.4) is 0 Å². The van der Waals surface area contributed by atoms with Crippen molar-refractivity contribution >= 4 is 11.9 Å². The lowest BCUT2D eigenvalue weighted by molar-refractivity contribution is -0.192. The van der Waals surface area contributed by atoms with E-state index in [9.17, 15) is 23.1 Å². The van der Waals surface area contributed by atoms with Crippen LogP contribution in [0, 0.1) is 11.3 Å². The average molecular weight is 575 g/mol. The lowest BCUT2D eigenvalue weighted by Crippen LogP contribution is -2.24. The predicted octanol–water partition coefficient (Wildman–Crippen LogP) is 7.19. The van der Waals surface area contributed by atoms with Gasteiger partial charge in [0.25, 0.3) is 0 Å². The topological polar surface area (TPSA) is 102 Å². The van der Waals surface area contributed by atoms with Crippen LogP contribution in [0.25, 0.3) is 11.1 Å². The summed E-state index contributed by atoms with van der Waals surface area (Å²) in [7, 11) is 0. The summed E-state index contributed by atoms with van der Waals surface area (Å²) >= 11 is 0. The fraction of sp³-hybridized carbons (Fsp3) is 0.182. The van der Waals surface area contributed by atoms with Crippen molar-refractivity contribution in [2.24, 2.45) is 0 Å². The van der Waals surface area contributed by atoms with Crippen LogP contribution in [0.1, 0.15) is 39.0 Å². The number of aromatic carboxylic acids is 1. The minimum Gasteiger partial charge on any atom is -0.478 e. The quantitative estimate of drug-likeness (QED) is 0.208. The second kappa shape index (κ2) is 15.2. The van der Waals surface area contributed by atoms with Crippen molar-refractivity contribution in [1.82, 2.24) is 4.90 Å². The third-order valence-corrected chi connectivity index (χ3v) is 6.37. The number of carbonyl (C=O) groups is 2. The summed E-state index contributed by atoms with van der Waals surface area (Å²) < 4.78 is 31.7. The van der Waals surface area contributed by atoms with Gasteiger partial charge in [-0.25, -0.2) is 9.59 Å². The van der Waals surface area contributed by atoms with E-state index in [-0.39, 0.29) is 5.56 Å². The van der Waals surface area contributed by atoms with Gasteiger partial charge in [-0.1, -0.05) is 78.9 Å². The number of hydrogen-bond acceptors (Lipinski definition) is 4. The number of rotatable bonds is 10. The molecule has 0 aliphatic heterocycles. The van der Waals surface area contributed by atoms with Gasteiger partial charge in [-0.15, -0.1) is 0 Å². The van der Waals surface area contributed by atoms with Crippen LogP contribution in [0.4, 0.5) is 13.2 Å². The zero-order valence-corrected chi connectivity index (χ0v) is 22.6. The summed E-state index contributed by atoms with van der Waals surface area (Å²) in [5, 5.41) is 25.5. The van der Waals surface area contributed by atoms with E-state index < -0.39 is 18.1 Å². The summed E-state index contributed by atoms with van der Waals surface area (Å²) in [6, 6.07) is 35.9. The molecule has 2 N–H and O–H groups in total. The Balaban J connectivity index is 0.000000616. The Kier molecular flexibility index (Phi) is 11.4. The molecule has 0 aliphatic carbocycles. The summed E-state index contributed by atoms with van der Waals surface area (Å²) in [4.78, 5) is 22.6. The highest BCUT2D eigenvalue weighted by Gasteiger charge is 2.38. The molecule has 0 atom stereocenters. The van der Waals surface area contributed by atoms with Crippen LogP contribution in [0.15, 0.2) is 103 Å². The Bertz CT molecular complexity index is 1500. The first-order valence-corrected chi connectivity index (χ1v) is 13.0. The smallest absolute Gasteiger partial charge is 0.478 e. The number of alkyl halides is 3. The number of halogens is 3. The Hall–Kier alpha value is -4.94. The van der Waals surface area contributed by atoms with Crippen LogP contribution in [-0.4, -0.2) is 39.8 Å². The van der Waals surface area contributed by atoms with E-state index in [1.807, 2.05) is 54.6 Å². The van der Waals surface area contributed by atoms with Gasteiger partial charge in [-0.2, -0.15) is 18.4 Å². The van der Waals surface area contributed by atoms with E-state index in [4.69, 9.17) is 15.2 Å². The maximum atomic E-state index is 11.3. The first-order valence-electron chi connectivity index (χ1n) is 13.0. The standard InChI is InChI=1S/C31H28N2O2.C2HF3O2/c32-21-25-12-14-26(15-13-25)22-33(20-6-9-24-7-2-1-3-8-24)23-29-10-4-5-11-30(29)27-16-18-28(19-17-27)31(34)35;3-2(4,5)1(6)7/h1-5,7-8,10-19H,6,9,20,22-23H2,(H,34,35);(H,6,7). The third kappa shape index (κ3) is 9.91. The number of aliphatic carboxylic acids is 1. The van der Waals surface area contributed by atoms with Crippen LogP contribution < -0.4 is 0 Å². The molecule has 9 heteroatoms. The van der Waals surface area contributed by atoms with Gasteiger partial charge in [-0.3, -0.25) is 4.90 Å². The molecule has 6 nitrogen and oxygen atoms in total. The van der Waals surface area contributed by atoms with E-state index in [0.717, 1.165) is 43.6 Å². The molecular formula is C33H29F3N2O4. The van der Waals surface area contributed by atoms with Gasteiger partial charge in [0.05, 0.1) is 17.2 Å². The van der Waals surface area contributed by atoms with Crippen LogP contribution in [-0.2, 0) is 24.3 Å². The fourth-order valence-electron chi connectivity index (χ4n) is 4.28. The number of aryl methyl sites for hydroxylation is 1. The van der Waals surface area contributed by atoms with Crippen molar-refractivity contribution in [3.63, 3.8) is 0 Å². The van der Waals surface area contributed by atoms with Crippen molar-refractivity contribution in [2.75, 3.05) is 6.54 Å². The van der Waals surface area contributed by atoms with Crippen LogP contribution in [0.2, 0.25) is 0 Å². The monoisotopic (exact) mass is 574 g/mol. The molecule has 0 aromatic heterocycles. The van der Waals surface area contributed by atoms with Gasteiger partial charge in [0.1, 0.15) is 0 Å². The van der Waals surface area contributed by atoms with E-state index >= 15 is 0 Å². The molecule has 0 saturated heterocycles. The molecule has 0 radical (unpaired) electrons. The Morgan fingerprint density at radius 3 is 1.93 bits per heavy atom. The van der Waals surface area contributed by atoms with E-state index in [1.165, 1.54) is 16.7 Å². The third-order valence-electron chi connectivity index (χ3n) is 6.37. The van der Waals surface area contributed by atoms with E-state index in [0.29, 0.717) is 5.56 Å². The van der Waals surface area contributed by atoms with Gasteiger partial charge in [0.2, 0.25) is 0 Å². The molecule has 0 fully saturated rings. The fourth-order valence-corrected chi connectivity index (χ4v) is 4.28. The van der Waals surface area contributed by atoms with Gasteiger partial charge < -0.3 is 10.2 Å². The van der Waals surface area contributed by atoms with Crippen LogP contribution >= 0.6 is 0 Å². The molecular weight excluding hydrogens is 545 g/mol. The molecule has 4 aromatic carbocycles. The molecule has 0 bridgehead atoms. The lowest BCUT2D eigenvalue weighted by Gasteiger charge is -2.24. The number of carboxylic acids is 2. The number of nitriles is 1. The van der Waals surface area contributed by atoms with E-state index in [2.05, 4.69) is 47.4 Å². The normalized spacial score (nSPS) is 10.8. The van der Waals surface area contributed by atoms with E-state index in [1.54, 1.807) is 12.1 Å². The minimum absolute atomic E-state index is 0.287. The van der Waals surface area contributed by atoms with Gasteiger partial charge in [0.15, 0.2) is 0 Å². The molecule has 0 heterocycles. The Morgan fingerprint density at radius 1 is 0.762 bits per heavy atom. The maximum Gasteiger partial charge on any atom is 0.490 e. The largest absolute Gasteiger partial charge is 0.490 e. The van der Waals surface area contributed by atoms with Gasteiger partial charge in [0, 0.05) is 13.1 Å². The molecule has 0 spiro atoms. The predicted molar refractivity (Wildman–Crippen MR) is 153 cm³/mol. The second-order valence-electron chi connectivity index (χ2n) is 9.45. The lowest BCUT2D eigenvalue weighted by atomic mass is 9.98. The molecule has 216 valence electrons. The summed E-state index contributed by atoms with van der Waals surface area (Å²) in [5.41, 5.74) is 6.78. The number of benzene rings is 4. The maximum absolute atomic E-state index is 11.3. The highest BCUT2D eigenvalue weighted by molar-refractivity contribution is 5.88. The SMILES string of the molecule is N#Cc1ccc(CN(CCCc2ccccc2)Cc2ccccc2-c2ccc(C(=O)O)cc2)cc1.O=C(O)C(F)(F)F. The first-order chi connectivity index (χ1) is 20.1. The van der Waals surface area contributed by atoms with Crippen molar-refractivity contribution in [3.8, 4) is 17.2 Å². The number of hydrogen-bond donors (Lipinski definition) is 2. The second-order valence-corrected chi connectivity index (χ2v) is 9.45. The number of carboxylic acid groups (broad SMARTS) is 2. The van der Waals surface area contributed by atoms with Crippen molar-refractivity contribution in [1.29, 1.82) is 5.26 Å². The Labute approximate surface area is 241 Å². The first kappa shape index (κ1) is 31.6. The molecule has 0 amide bonds. The van der Waals surface area contributed by atoms with Gasteiger partial charge >= 0.3 is 18.1 Å². The Morgan fingerprint density at radius 2 is 1.36 bits per heavy atom. The zero-order valence-electron chi connectivity index (χ0n) is 22.6. The zero-order chi connectivity index (χ0) is 30.5. The molecule has 0 unspecified atom stereocenters.